The molecule has 2 fully saturated rings. The van der Waals surface area contributed by atoms with Gasteiger partial charge in [-0.2, -0.15) is 0 Å². The van der Waals surface area contributed by atoms with Crippen molar-refractivity contribution in [2.24, 2.45) is 0 Å². The molecule has 1 atom stereocenters. The minimum absolute atomic E-state index is 0.0190. The standard InChI is InChI=1S/C26H34N4O3/c1-21(29-14-12-28(13-15-29)20-24(31)30-16-18-33-19-17-30)26(32)27-25(22-8-4-2-5-9-22)23-10-6-3-7-11-23/h2-11,21,25H,12-20H2,1H3,(H,27,32)/t21-/m1/s1. The first-order chi connectivity index (χ1) is 16.1. The molecule has 176 valence electrons. The molecule has 0 unspecified atom stereocenters. The zero-order valence-electron chi connectivity index (χ0n) is 19.4. The van der Waals surface area contributed by atoms with Gasteiger partial charge >= 0.3 is 0 Å². The molecule has 0 saturated carbocycles. The summed E-state index contributed by atoms with van der Waals surface area (Å²) < 4.78 is 5.33. The average molecular weight is 451 g/mol. The lowest BCUT2D eigenvalue weighted by Crippen LogP contribution is -2.56. The van der Waals surface area contributed by atoms with Crippen molar-refractivity contribution < 1.29 is 14.3 Å². The molecule has 2 aliphatic rings. The van der Waals surface area contributed by atoms with Crippen LogP contribution in [0.3, 0.4) is 0 Å². The summed E-state index contributed by atoms with van der Waals surface area (Å²) >= 11 is 0. The van der Waals surface area contributed by atoms with E-state index in [4.69, 9.17) is 4.74 Å². The number of carbonyl (C=O) groups excluding carboxylic acids is 2. The van der Waals surface area contributed by atoms with Gasteiger partial charge in [-0.1, -0.05) is 60.7 Å². The Bertz CT molecular complexity index is 855. The molecule has 1 N–H and O–H groups in total. The van der Waals surface area contributed by atoms with Crippen LogP contribution in [0, 0.1) is 0 Å². The highest BCUT2D eigenvalue weighted by molar-refractivity contribution is 5.82. The van der Waals surface area contributed by atoms with E-state index >= 15 is 0 Å². The number of nitrogens with one attached hydrogen (secondary N) is 1. The van der Waals surface area contributed by atoms with Crippen LogP contribution in [0.4, 0.5) is 0 Å². The fraction of sp³-hybridized carbons (Fsp3) is 0.462. The van der Waals surface area contributed by atoms with Crippen LogP contribution in [0.2, 0.25) is 0 Å². The number of nitrogens with zero attached hydrogens (tertiary/aromatic N) is 3. The Labute approximate surface area is 196 Å². The quantitative estimate of drug-likeness (QED) is 0.697. The van der Waals surface area contributed by atoms with E-state index in [-0.39, 0.29) is 23.9 Å². The lowest BCUT2D eigenvalue weighted by Gasteiger charge is -2.38. The highest BCUT2D eigenvalue weighted by Gasteiger charge is 2.29. The van der Waals surface area contributed by atoms with E-state index in [1.807, 2.05) is 72.5 Å². The van der Waals surface area contributed by atoms with Gasteiger partial charge in [0.25, 0.3) is 0 Å². The number of hydrogen-bond donors (Lipinski definition) is 1. The Kier molecular flexibility index (Phi) is 8.10. The highest BCUT2D eigenvalue weighted by atomic mass is 16.5. The Hall–Kier alpha value is -2.74. The van der Waals surface area contributed by atoms with Crippen molar-refractivity contribution in [3.05, 3.63) is 71.8 Å². The Balaban J connectivity index is 1.32. The van der Waals surface area contributed by atoms with Crippen LogP contribution < -0.4 is 5.32 Å². The maximum atomic E-state index is 13.2. The minimum Gasteiger partial charge on any atom is -0.378 e. The van der Waals surface area contributed by atoms with Crippen LogP contribution in [0.5, 0.6) is 0 Å². The fourth-order valence-electron chi connectivity index (χ4n) is 4.49. The van der Waals surface area contributed by atoms with Crippen LogP contribution in [0.1, 0.15) is 24.1 Å². The summed E-state index contributed by atoms with van der Waals surface area (Å²) in [5.41, 5.74) is 2.13. The van der Waals surface area contributed by atoms with E-state index in [1.165, 1.54) is 0 Å². The molecular formula is C26H34N4O3. The van der Waals surface area contributed by atoms with Gasteiger partial charge in [0, 0.05) is 39.3 Å². The third-order valence-electron chi connectivity index (χ3n) is 6.61. The van der Waals surface area contributed by atoms with E-state index in [9.17, 15) is 9.59 Å². The first-order valence-corrected chi connectivity index (χ1v) is 11.8. The number of ether oxygens (including phenoxy) is 1. The average Bonchev–Trinajstić information content (AvgIpc) is 2.88. The molecule has 2 aromatic rings. The van der Waals surface area contributed by atoms with Crippen molar-refractivity contribution in [2.45, 2.75) is 19.0 Å². The Morgan fingerprint density at radius 1 is 0.848 bits per heavy atom. The van der Waals surface area contributed by atoms with Gasteiger partial charge < -0.3 is 15.0 Å². The second-order valence-electron chi connectivity index (χ2n) is 8.74. The topological polar surface area (TPSA) is 65.1 Å². The van der Waals surface area contributed by atoms with Gasteiger partial charge in [0.2, 0.25) is 11.8 Å². The molecule has 0 aliphatic carbocycles. The summed E-state index contributed by atoms with van der Waals surface area (Å²) in [6, 6.07) is 19.7. The number of hydrogen-bond acceptors (Lipinski definition) is 5. The molecule has 0 spiro atoms. The molecule has 0 radical (unpaired) electrons. The summed E-state index contributed by atoms with van der Waals surface area (Å²) in [6.07, 6.45) is 0. The Morgan fingerprint density at radius 3 is 1.94 bits per heavy atom. The molecule has 33 heavy (non-hydrogen) atoms. The number of benzene rings is 2. The lowest BCUT2D eigenvalue weighted by atomic mass is 9.98. The minimum atomic E-state index is -0.239. The summed E-state index contributed by atoms with van der Waals surface area (Å²) in [4.78, 5) is 32.0. The van der Waals surface area contributed by atoms with Gasteiger partial charge in [0.1, 0.15) is 0 Å². The van der Waals surface area contributed by atoms with Gasteiger partial charge in [0.05, 0.1) is 31.8 Å². The van der Waals surface area contributed by atoms with Crippen molar-refractivity contribution in [1.82, 2.24) is 20.0 Å². The number of morpholine rings is 1. The predicted molar refractivity (Wildman–Crippen MR) is 128 cm³/mol. The number of carbonyl (C=O) groups is 2. The first kappa shape index (κ1) is 23.4. The summed E-state index contributed by atoms with van der Waals surface area (Å²) in [6.45, 7) is 8.13. The predicted octanol–water partition coefficient (Wildman–Crippen LogP) is 1.76. The number of amides is 2. The summed E-state index contributed by atoms with van der Waals surface area (Å²) in [7, 11) is 0. The monoisotopic (exact) mass is 450 g/mol. The highest BCUT2D eigenvalue weighted by Crippen LogP contribution is 2.22. The van der Waals surface area contributed by atoms with Gasteiger partial charge in [0.15, 0.2) is 0 Å². The van der Waals surface area contributed by atoms with Gasteiger partial charge in [-0.05, 0) is 18.1 Å². The van der Waals surface area contributed by atoms with Gasteiger partial charge in [-0.25, -0.2) is 0 Å². The van der Waals surface area contributed by atoms with Crippen LogP contribution in [0.25, 0.3) is 0 Å². The van der Waals surface area contributed by atoms with Crippen molar-refractivity contribution in [3.63, 3.8) is 0 Å². The van der Waals surface area contributed by atoms with E-state index in [2.05, 4.69) is 15.1 Å². The van der Waals surface area contributed by atoms with Crippen LogP contribution in [-0.2, 0) is 14.3 Å². The third-order valence-corrected chi connectivity index (χ3v) is 6.61. The van der Waals surface area contributed by atoms with Crippen LogP contribution >= 0.6 is 0 Å². The molecule has 0 bridgehead atoms. The molecule has 2 aliphatic heterocycles. The van der Waals surface area contributed by atoms with Crippen molar-refractivity contribution in [3.8, 4) is 0 Å². The number of piperazine rings is 1. The zero-order valence-corrected chi connectivity index (χ0v) is 19.4. The molecule has 4 rings (SSSR count). The third kappa shape index (κ3) is 6.19. The van der Waals surface area contributed by atoms with Crippen molar-refractivity contribution in [1.29, 1.82) is 0 Å². The summed E-state index contributed by atoms with van der Waals surface area (Å²) in [5, 5.41) is 3.27. The van der Waals surface area contributed by atoms with Crippen molar-refractivity contribution in [2.75, 3.05) is 59.0 Å². The van der Waals surface area contributed by atoms with Crippen LogP contribution in [0.15, 0.2) is 60.7 Å². The second-order valence-corrected chi connectivity index (χ2v) is 8.74. The molecule has 7 nitrogen and oxygen atoms in total. The molecular weight excluding hydrogens is 416 g/mol. The largest absolute Gasteiger partial charge is 0.378 e. The lowest BCUT2D eigenvalue weighted by molar-refractivity contribution is -0.137. The molecule has 2 amide bonds. The van der Waals surface area contributed by atoms with Gasteiger partial charge in [-0.15, -0.1) is 0 Å². The zero-order chi connectivity index (χ0) is 23.0. The molecule has 2 aromatic carbocycles. The normalized spacial score (nSPS) is 18.8. The van der Waals surface area contributed by atoms with E-state index in [0.29, 0.717) is 32.8 Å². The molecule has 0 aromatic heterocycles. The molecule has 7 heteroatoms. The maximum absolute atomic E-state index is 13.2. The summed E-state index contributed by atoms with van der Waals surface area (Å²) in [5.74, 6) is 0.191. The Morgan fingerprint density at radius 2 is 1.39 bits per heavy atom. The van der Waals surface area contributed by atoms with E-state index in [1.54, 1.807) is 0 Å². The maximum Gasteiger partial charge on any atom is 0.237 e. The van der Waals surface area contributed by atoms with Gasteiger partial charge in [-0.3, -0.25) is 19.4 Å². The molecule has 2 heterocycles. The van der Waals surface area contributed by atoms with Crippen molar-refractivity contribution >= 4 is 11.8 Å². The molecule has 2 saturated heterocycles. The fourth-order valence-corrected chi connectivity index (χ4v) is 4.49. The second kappa shape index (κ2) is 11.4. The van der Waals surface area contributed by atoms with E-state index in [0.717, 1.165) is 37.3 Å². The number of rotatable bonds is 7. The smallest absolute Gasteiger partial charge is 0.237 e. The van der Waals surface area contributed by atoms with Crippen LogP contribution in [-0.4, -0.2) is 91.6 Å². The van der Waals surface area contributed by atoms with E-state index < -0.39 is 0 Å². The first-order valence-electron chi connectivity index (χ1n) is 11.8. The SMILES string of the molecule is C[C@H](C(=O)NC(c1ccccc1)c1ccccc1)N1CCN(CC(=O)N2CCOCC2)CC1.